The summed E-state index contributed by atoms with van der Waals surface area (Å²) in [5, 5.41) is 2.94. The molecule has 0 aliphatic heterocycles. The molecule has 0 radical (unpaired) electrons. The summed E-state index contributed by atoms with van der Waals surface area (Å²) in [4.78, 5) is 43.0. The van der Waals surface area contributed by atoms with Gasteiger partial charge in [-0.15, -0.1) is 0 Å². The van der Waals surface area contributed by atoms with E-state index in [4.69, 9.17) is 0 Å². The van der Waals surface area contributed by atoms with E-state index in [9.17, 15) is 14.4 Å². The molecular formula is C20H26N6O3. The van der Waals surface area contributed by atoms with Crippen LogP contribution in [0.2, 0.25) is 0 Å². The Kier molecular flexibility index (Phi) is 5.58. The summed E-state index contributed by atoms with van der Waals surface area (Å²) >= 11 is 0. The molecule has 0 atom stereocenters. The Morgan fingerprint density at radius 2 is 1.90 bits per heavy atom. The molecule has 3 rings (SSSR count). The maximum atomic E-state index is 12.4. The van der Waals surface area contributed by atoms with Crippen LogP contribution < -0.4 is 21.5 Å². The van der Waals surface area contributed by atoms with Crippen molar-refractivity contribution in [1.82, 2.24) is 18.7 Å². The number of nitrogens with one attached hydrogen (secondary N) is 1. The number of rotatable bonds is 6. The van der Waals surface area contributed by atoms with E-state index in [1.165, 1.54) is 17.9 Å². The van der Waals surface area contributed by atoms with E-state index in [1.807, 2.05) is 44.1 Å². The number of carbonyl (C=O) groups excluding carboxylic acids is 1. The fraction of sp³-hybridized carbons (Fsp3) is 0.400. The summed E-state index contributed by atoms with van der Waals surface area (Å²) in [5.74, 6) is -0.0876. The number of amides is 1. The summed E-state index contributed by atoms with van der Waals surface area (Å²) in [6, 6.07) is 5.88. The molecule has 0 unspecified atom stereocenters. The molecule has 0 aliphatic carbocycles. The summed E-state index contributed by atoms with van der Waals surface area (Å²) in [7, 11) is 6.97. The minimum atomic E-state index is -0.414. The minimum Gasteiger partial charge on any atom is -0.378 e. The van der Waals surface area contributed by atoms with E-state index in [0.29, 0.717) is 30.6 Å². The van der Waals surface area contributed by atoms with Crippen LogP contribution in [0.3, 0.4) is 0 Å². The topological polar surface area (TPSA) is 94.2 Å². The summed E-state index contributed by atoms with van der Waals surface area (Å²) in [6.45, 7) is 2.41. The van der Waals surface area contributed by atoms with Crippen molar-refractivity contribution in [2.75, 3.05) is 24.3 Å². The highest BCUT2D eigenvalue weighted by Gasteiger charge is 2.14. The van der Waals surface area contributed by atoms with Crippen LogP contribution >= 0.6 is 0 Å². The number of benzene rings is 1. The van der Waals surface area contributed by atoms with Crippen LogP contribution in [0, 0.1) is 6.92 Å². The van der Waals surface area contributed by atoms with Crippen molar-refractivity contribution >= 4 is 28.4 Å². The standard InChI is InChI=1S/C20H26N6O3/c1-13-11-14(23(2)3)8-9-15(13)22-16(27)7-6-10-26-12-21-18-17(26)19(28)25(5)20(29)24(18)4/h8-9,11-12H,6-7,10H2,1-5H3,(H,22,27). The fourth-order valence-corrected chi connectivity index (χ4v) is 3.26. The van der Waals surface area contributed by atoms with Gasteiger partial charge in [-0.3, -0.25) is 18.7 Å². The first-order valence-electron chi connectivity index (χ1n) is 9.39. The molecule has 29 heavy (non-hydrogen) atoms. The van der Waals surface area contributed by atoms with E-state index in [0.717, 1.165) is 21.5 Å². The highest BCUT2D eigenvalue weighted by molar-refractivity contribution is 5.91. The quantitative estimate of drug-likeness (QED) is 0.674. The van der Waals surface area contributed by atoms with Crippen molar-refractivity contribution in [1.29, 1.82) is 0 Å². The highest BCUT2D eigenvalue weighted by Crippen LogP contribution is 2.21. The zero-order valence-electron chi connectivity index (χ0n) is 17.4. The Balaban J connectivity index is 1.67. The van der Waals surface area contributed by atoms with Gasteiger partial charge < -0.3 is 14.8 Å². The van der Waals surface area contributed by atoms with E-state index in [1.54, 1.807) is 11.6 Å². The molecule has 9 nitrogen and oxygen atoms in total. The summed E-state index contributed by atoms with van der Waals surface area (Å²) in [5.41, 5.74) is 2.77. The van der Waals surface area contributed by atoms with Gasteiger partial charge in [0.2, 0.25) is 5.91 Å². The first-order chi connectivity index (χ1) is 13.7. The largest absolute Gasteiger partial charge is 0.378 e. The molecule has 3 aromatic rings. The number of imidazole rings is 1. The van der Waals surface area contributed by atoms with Crippen LogP contribution in [-0.2, 0) is 25.4 Å². The van der Waals surface area contributed by atoms with Crippen LogP contribution in [0.1, 0.15) is 18.4 Å². The van der Waals surface area contributed by atoms with Crippen LogP contribution in [0.5, 0.6) is 0 Å². The molecule has 0 aliphatic rings. The summed E-state index contributed by atoms with van der Waals surface area (Å²) < 4.78 is 4.11. The molecule has 0 fully saturated rings. The van der Waals surface area contributed by atoms with Crippen LogP contribution in [0.4, 0.5) is 11.4 Å². The Morgan fingerprint density at radius 1 is 1.17 bits per heavy atom. The van der Waals surface area contributed by atoms with Crippen LogP contribution in [-0.4, -0.2) is 38.7 Å². The average molecular weight is 398 g/mol. The normalized spacial score (nSPS) is 11.1. The molecule has 2 heterocycles. The lowest BCUT2D eigenvalue weighted by atomic mass is 10.1. The smallest absolute Gasteiger partial charge is 0.332 e. The third-order valence-corrected chi connectivity index (χ3v) is 5.02. The fourth-order valence-electron chi connectivity index (χ4n) is 3.26. The number of hydrogen-bond donors (Lipinski definition) is 1. The van der Waals surface area contributed by atoms with Gasteiger partial charge in [0.25, 0.3) is 5.56 Å². The molecule has 0 spiro atoms. The molecule has 1 amide bonds. The second-order valence-corrected chi connectivity index (χ2v) is 7.36. The molecule has 0 saturated heterocycles. The second-order valence-electron chi connectivity index (χ2n) is 7.36. The van der Waals surface area contributed by atoms with Crippen molar-refractivity contribution in [3.63, 3.8) is 0 Å². The SMILES string of the molecule is Cc1cc(N(C)C)ccc1NC(=O)CCCn1cnc2c1c(=O)n(C)c(=O)n2C. The zero-order valence-corrected chi connectivity index (χ0v) is 17.4. The molecule has 0 saturated carbocycles. The molecule has 0 bridgehead atoms. The van der Waals surface area contributed by atoms with Gasteiger partial charge in [-0.25, -0.2) is 9.78 Å². The van der Waals surface area contributed by atoms with E-state index in [-0.39, 0.29) is 11.5 Å². The van der Waals surface area contributed by atoms with Crippen molar-refractivity contribution in [2.24, 2.45) is 14.1 Å². The van der Waals surface area contributed by atoms with Crippen molar-refractivity contribution in [3.8, 4) is 0 Å². The first-order valence-corrected chi connectivity index (χ1v) is 9.39. The van der Waals surface area contributed by atoms with E-state index >= 15 is 0 Å². The van der Waals surface area contributed by atoms with Crippen LogP contribution in [0.25, 0.3) is 11.2 Å². The Bertz CT molecular complexity index is 1190. The van der Waals surface area contributed by atoms with Gasteiger partial charge in [-0.1, -0.05) is 0 Å². The van der Waals surface area contributed by atoms with Gasteiger partial charge in [0, 0.05) is 52.5 Å². The first kappa shape index (κ1) is 20.4. The lowest BCUT2D eigenvalue weighted by molar-refractivity contribution is -0.116. The lowest BCUT2D eigenvalue weighted by Crippen LogP contribution is -2.37. The predicted octanol–water partition coefficient (Wildman–Crippen LogP) is 1.23. The Hall–Kier alpha value is -3.36. The van der Waals surface area contributed by atoms with Crippen molar-refractivity contribution in [3.05, 3.63) is 50.9 Å². The minimum absolute atomic E-state index is 0.0876. The number of fused-ring (bicyclic) bond motifs is 1. The maximum absolute atomic E-state index is 12.4. The number of anilines is 2. The van der Waals surface area contributed by atoms with Gasteiger partial charge in [-0.05, 0) is 37.1 Å². The molecule has 1 N–H and O–H groups in total. The predicted molar refractivity (Wildman–Crippen MR) is 114 cm³/mol. The lowest BCUT2D eigenvalue weighted by Gasteiger charge is -2.15. The van der Waals surface area contributed by atoms with E-state index in [2.05, 4.69) is 10.3 Å². The molecule has 2 aromatic heterocycles. The van der Waals surface area contributed by atoms with Crippen LogP contribution in [0.15, 0.2) is 34.1 Å². The molecule has 1 aromatic carbocycles. The molecule has 9 heteroatoms. The number of carbonyl (C=O) groups is 1. The second kappa shape index (κ2) is 7.94. The van der Waals surface area contributed by atoms with Gasteiger partial charge in [0.05, 0.1) is 6.33 Å². The third-order valence-electron chi connectivity index (χ3n) is 5.02. The van der Waals surface area contributed by atoms with Gasteiger partial charge >= 0.3 is 5.69 Å². The zero-order chi connectivity index (χ0) is 21.3. The maximum Gasteiger partial charge on any atom is 0.332 e. The van der Waals surface area contributed by atoms with Crippen molar-refractivity contribution < 1.29 is 4.79 Å². The monoisotopic (exact) mass is 398 g/mol. The van der Waals surface area contributed by atoms with Gasteiger partial charge in [0.15, 0.2) is 11.2 Å². The average Bonchev–Trinajstić information content (AvgIpc) is 3.10. The summed E-state index contributed by atoms with van der Waals surface area (Å²) in [6.07, 6.45) is 2.38. The molecular weight excluding hydrogens is 372 g/mol. The van der Waals surface area contributed by atoms with Gasteiger partial charge in [-0.2, -0.15) is 0 Å². The Labute approximate surface area is 168 Å². The number of aromatic nitrogens is 4. The van der Waals surface area contributed by atoms with Crippen molar-refractivity contribution in [2.45, 2.75) is 26.3 Å². The van der Waals surface area contributed by atoms with Gasteiger partial charge in [0.1, 0.15) is 0 Å². The number of nitrogens with zero attached hydrogens (tertiary/aromatic N) is 5. The number of aryl methyl sites for hydroxylation is 3. The highest BCUT2D eigenvalue weighted by atomic mass is 16.2. The van der Waals surface area contributed by atoms with E-state index < -0.39 is 5.69 Å². The molecule has 154 valence electrons. The third kappa shape index (κ3) is 3.94. The number of hydrogen-bond acceptors (Lipinski definition) is 5. The Morgan fingerprint density at radius 3 is 2.55 bits per heavy atom.